The van der Waals surface area contributed by atoms with Gasteiger partial charge < -0.3 is 14.4 Å². The molecule has 0 aliphatic heterocycles. The van der Waals surface area contributed by atoms with Crippen LogP contribution in [0, 0.1) is 0 Å². The SMILES string of the molecule is COc1ccc(CC(=O)N(C)[C@H](C)c2ccc(-n3cncn3)cc2)cc1OC. The van der Waals surface area contributed by atoms with Crippen LogP contribution in [0.1, 0.15) is 24.1 Å². The van der Waals surface area contributed by atoms with Crippen molar-refractivity contribution in [1.82, 2.24) is 19.7 Å². The van der Waals surface area contributed by atoms with E-state index >= 15 is 0 Å². The van der Waals surface area contributed by atoms with Crippen molar-refractivity contribution in [2.24, 2.45) is 0 Å². The number of benzene rings is 2. The smallest absolute Gasteiger partial charge is 0.227 e. The zero-order chi connectivity index (χ0) is 20.1. The molecule has 0 saturated carbocycles. The van der Waals surface area contributed by atoms with Crippen LogP contribution in [-0.2, 0) is 11.2 Å². The van der Waals surface area contributed by atoms with Crippen LogP contribution in [0.3, 0.4) is 0 Å². The van der Waals surface area contributed by atoms with E-state index in [1.165, 1.54) is 6.33 Å². The van der Waals surface area contributed by atoms with Gasteiger partial charge >= 0.3 is 0 Å². The molecule has 0 aliphatic carbocycles. The van der Waals surface area contributed by atoms with E-state index in [1.807, 2.05) is 56.4 Å². The molecule has 0 fully saturated rings. The Balaban J connectivity index is 1.69. The first kappa shape index (κ1) is 19.4. The molecule has 0 radical (unpaired) electrons. The molecule has 0 aliphatic rings. The molecule has 0 bridgehead atoms. The summed E-state index contributed by atoms with van der Waals surface area (Å²) < 4.78 is 12.3. The van der Waals surface area contributed by atoms with Crippen molar-refractivity contribution in [3.63, 3.8) is 0 Å². The molecule has 1 atom stereocenters. The van der Waals surface area contributed by atoms with Gasteiger partial charge in [0.05, 0.1) is 32.4 Å². The molecule has 1 heterocycles. The van der Waals surface area contributed by atoms with Crippen molar-refractivity contribution in [3.05, 3.63) is 66.2 Å². The Morgan fingerprint density at radius 2 is 1.82 bits per heavy atom. The molecule has 146 valence electrons. The van der Waals surface area contributed by atoms with Gasteiger partial charge in [-0.05, 0) is 42.3 Å². The third kappa shape index (κ3) is 4.14. The number of rotatable bonds is 7. The summed E-state index contributed by atoms with van der Waals surface area (Å²) in [5, 5.41) is 4.12. The van der Waals surface area contributed by atoms with Crippen molar-refractivity contribution in [2.45, 2.75) is 19.4 Å². The summed E-state index contributed by atoms with van der Waals surface area (Å²) in [6.07, 6.45) is 3.44. The van der Waals surface area contributed by atoms with Gasteiger partial charge in [-0.3, -0.25) is 4.79 Å². The van der Waals surface area contributed by atoms with Crippen molar-refractivity contribution >= 4 is 5.91 Å². The van der Waals surface area contributed by atoms with E-state index in [1.54, 1.807) is 30.1 Å². The number of ether oxygens (including phenoxy) is 2. The second kappa shape index (κ2) is 8.56. The number of carbonyl (C=O) groups is 1. The highest BCUT2D eigenvalue weighted by atomic mass is 16.5. The molecule has 0 unspecified atom stereocenters. The van der Waals surface area contributed by atoms with Crippen LogP contribution in [0.4, 0.5) is 0 Å². The number of hydrogen-bond acceptors (Lipinski definition) is 5. The van der Waals surface area contributed by atoms with Gasteiger partial charge in [-0.25, -0.2) is 9.67 Å². The number of hydrogen-bond donors (Lipinski definition) is 0. The van der Waals surface area contributed by atoms with Crippen LogP contribution in [-0.4, -0.2) is 46.8 Å². The summed E-state index contributed by atoms with van der Waals surface area (Å²) in [5.74, 6) is 1.29. The second-order valence-corrected chi connectivity index (χ2v) is 6.48. The maximum Gasteiger partial charge on any atom is 0.227 e. The van der Waals surface area contributed by atoms with E-state index in [0.29, 0.717) is 11.5 Å². The van der Waals surface area contributed by atoms with E-state index in [4.69, 9.17) is 9.47 Å². The first-order valence-electron chi connectivity index (χ1n) is 8.95. The molecule has 1 amide bonds. The summed E-state index contributed by atoms with van der Waals surface area (Å²) in [6.45, 7) is 2.01. The zero-order valence-electron chi connectivity index (χ0n) is 16.5. The molecular formula is C21H24N4O3. The highest BCUT2D eigenvalue weighted by Crippen LogP contribution is 2.28. The summed E-state index contributed by atoms with van der Waals surface area (Å²) in [7, 11) is 4.99. The molecule has 7 heteroatoms. The molecule has 1 aromatic heterocycles. The quantitative estimate of drug-likeness (QED) is 0.630. The maximum absolute atomic E-state index is 12.8. The van der Waals surface area contributed by atoms with Crippen molar-refractivity contribution in [1.29, 1.82) is 0 Å². The highest BCUT2D eigenvalue weighted by molar-refractivity contribution is 5.79. The lowest BCUT2D eigenvalue weighted by Crippen LogP contribution is -2.31. The van der Waals surface area contributed by atoms with Gasteiger partial charge in [-0.15, -0.1) is 0 Å². The average molecular weight is 380 g/mol. The third-order valence-corrected chi connectivity index (χ3v) is 4.84. The van der Waals surface area contributed by atoms with Gasteiger partial charge in [0.1, 0.15) is 12.7 Å². The van der Waals surface area contributed by atoms with Crippen molar-refractivity contribution < 1.29 is 14.3 Å². The minimum Gasteiger partial charge on any atom is -0.493 e. The predicted molar refractivity (Wildman–Crippen MR) is 106 cm³/mol. The van der Waals surface area contributed by atoms with Crippen LogP contribution < -0.4 is 9.47 Å². The number of carbonyl (C=O) groups excluding carboxylic acids is 1. The fourth-order valence-corrected chi connectivity index (χ4v) is 2.98. The number of methoxy groups -OCH3 is 2. The number of amides is 1. The molecule has 0 spiro atoms. The average Bonchev–Trinajstić information content (AvgIpc) is 3.27. The normalized spacial score (nSPS) is 11.7. The topological polar surface area (TPSA) is 69.5 Å². The lowest BCUT2D eigenvalue weighted by molar-refractivity contribution is -0.131. The van der Waals surface area contributed by atoms with Crippen LogP contribution in [0.5, 0.6) is 11.5 Å². The Labute approximate surface area is 164 Å². The molecule has 0 N–H and O–H groups in total. The van der Waals surface area contributed by atoms with Gasteiger partial charge in [0.15, 0.2) is 11.5 Å². The Hall–Kier alpha value is -3.35. The van der Waals surface area contributed by atoms with Crippen LogP contribution in [0.15, 0.2) is 55.1 Å². The van der Waals surface area contributed by atoms with E-state index in [0.717, 1.165) is 16.8 Å². The Bertz CT molecular complexity index is 923. The summed E-state index contributed by atoms with van der Waals surface area (Å²) >= 11 is 0. The van der Waals surface area contributed by atoms with E-state index in [-0.39, 0.29) is 18.4 Å². The third-order valence-electron chi connectivity index (χ3n) is 4.84. The molecule has 0 saturated heterocycles. The fourth-order valence-electron chi connectivity index (χ4n) is 2.98. The summed E-state index contributed by atoms with van der Waals surface area (Å²) in [4.78, 5) is 18.5. The first-order chi connectivity index (χ1) is 13.5. The van der Waals surface area contributed by atoms with Crippen molar-refractivity contribution in [3.8, 4) is 17.2 Å². The van der Waals surface area contributed by atoms with Crippen LogP contribution in [0.2, 0.25) is 0 Å². The standard InChI is InChI=1S/C21H24N4O3/c1-15(17-6-8-18(9-7-17)25-14-22-13-23-25)24(2)21(26)12-16-5-10-19(27-3)20(11-16)28-4/h5-11,13-15H,12H2,1-4H3/t15-/m1/s1. The Morgan fingerprint density at radius 3 is 2.43 bits per heavy atom. The van der Waals surface area contributed by atoms with Gasteiger partial charge in [-0.2, -0.15) is 5.10 Å². The molecule has 7 nitrogen and oxygen atoms in total. The van der Waals surface area contributed by atoms with Gasteiger partial charge in [0.25, 0.3) is 0 Å². The fraction of sp³-hybridized carbons (Fsp3) is 0.286. The minimum absolute atomic E-state index is 0.0278. The number of aromatic nitrogens is 3. The largest absolute Gasteiger partial charge is 0.493 e. The van der Waals surface area contributed by atoms with E-state index in [9.17, 15) is 4.79 Å². The molecule has 3 rings (SSSR count). The molecular weight excluding hydrogens is 356 g/mol. The predicted octanol–water partition coefficient (Wildman–Crippen LogP) is 3.05. The first-order valence-corrected chi connectivity index (χ1v) is 8.95. The van der Waals surface area contributed by atoms with Gasteiger partial charge in [0, 0.05) is 7.05 Å². The molecule has 2 aromatic carbocycles. The zero-order valence-corrected chi connectivity index (χ0v) is 16.5. The van der Waals surface area contributed by atoms with E-state index in [2.05, 4.69) is 10.1 Å². The van der Waals surface area contributed by atoms with Gasteiger partial charge in [-0.1, -0.05) is 18.2 Å². The summed E-state index contributed by atoms with van der Waals surface area (Å²) in [6, 6.07) is 13.4. The minimum atomic E-state index is -0.0579. The van der Waals surface area contributed by atoms with E-state index < -0.39 is 0 Å². The van der Waals surface area contributed by atoms with Gasteiger partial charge in [0.2, 0.25) is 5.91 Å². The lowest BCUT2D eigenvalue weighted by atomic mass is 10.1. The second-order valence-electron chi connectivity index (χ2n) is 6.48. The van der Waals surface area contributed by atoms with Crippen LogP contribution >= 0.6 is 0 Å². The molecule has 3 aromatic rings. The lowest BCUT2D eigenvalue weighted by Gasteiger charge is -2.26. The highest BCUT2D eigenvalue weighted by Gasteiger charge is 2.18. The Kier molecular flexibility index (Phi) is 5.93. The summed E-state index contributed by atoms with van der Waals surface area (Å²) in [5.41, 5.74) is 2.85. The molecule has 28 heavy (non-hydrogen) atoms. The number of likely N-dealkylation sites (N-methyl/N-ethyl adjacent to an activating group) is 1. The Morgan fingerprint density at radius 1 is 1.11 bits per heavy atom. The van der Waals surface area contributed by atoms with Crippen molar-refractivity contribution in [2.75, 3.05) is 21.3 Å². The van der Waals surface area contributed by atoms with Crippen LogP contribution in [0.25, 0.3) is 5.69 Å². The number of nitrogens with zero attached hydrogens (tertiary/aromatic N) is 4. The monoisotopic (exact) mass is 380 g/mol. The maximum atomic E-state index is 12.8.